The van der Waals surface area contributed by atoms with Crippen LogP contribution in [0.3, 0.4) is 0 Å². The van der Waals surface area contributed by atoms with Crippen LogP contribution in [-0.2, 0) is 35.7 Å². The summed E-state index contributed by atoms with van der Waals surface area (Å²) in [7, 11) is 1.63. The first-order valence-electron chi connectivity index (χ1n) is 10.7. The lowest BCUT2D eigenvalue weighted by molar-refractivity contribution is -0.121. The zero-order valence-electron chi connectivity index (χ0n) is 18.5. The Kier molecular flexibility index (Phi) is 7.56. The molecule has 0 aliphatic heterocycles. The number of carbonyl (C=O) groups is 1. The quantitative estimate of drug-likeness (QED) is 0.352. The molecule has 0 aliphatic carbocycles. The van der Waals surface area contributed by atoms with E-state index in [9.17, 15) is 4.79 Å². The van der Waals surface area contributed by atoms with Gasteiger partial charge in [0.1, 0.15) is 18.1 Å². The van der Waals surface area contributed by atoms with Gasteiger partial charge in [0.15, 0.2) is 11.7 Å². The number of methoxy groups -OCH3 is 1. The fourth-order valence-electron chi connectivity index (χ4n) is 3.32. The maximum Gasteiger partial charge on any atom is 0.220 e. The molecule has 0 fully saturated rings. The molecule has 2 aromatic heterocycles. The van der Waals surface area contributed by atoms with Gasteiger partial charge in [0.25, 0.3) is 0 Å². The average Bonchev–Trinajstić information content (AvgIpc) is 3.54. The summed E-state index contributed by atoms with van der Waals surface area (Å²) in [4.78, 5) is 16.6. The molecule has 4 rings (SSSR count). The Morgan fingerprint density at radius 1 is 1.03 bits per heavy atom. The maximum absolute atomic E-state index is 12.3. The van der Waals surface area contributed by atoms with Gasteiger partial charge >= 0.3 is 0 Å². The van der Waals surface area contributed by atoms with Gasteiger partial charge in [-0.15, -0.1) is 0 Å². The molecule has 0 spiro atoms. The number of hydrogen-bond acceptors (Lipinski definition) is 6. The molecule has 0 aliphatic rings. The van der Waals surface area contributed by atoms with Crippen molar-refractivity contribution in [2.75, 3.05) is 7.11 Å². The number of carbonyl (C=O) groups excluding carboxylic acids is 1. The molecule has 7 heteroatoms. The van der Waals surface area contributed by atoms with Gasteiger partial charge in [-0.1, -0.05) is 24.3 Å². The van der Waals surface area contributed by atoms with Crippen LogP contribution in [0.1, 0.15) is 29.2 Å². The van der Waals surface area contributed by atoms with Crippen molar-refractivity contribution in [3.63, 3.8) is 0 Å². The van der Waals surface area contributed by atoms with Crippen molar-refractivity contribution in [1.82, 2.24) is 10.3 Å². The third-order valence-corrected chi connectivity index (χ3v) is 5.07. The number of oxazole rings is 1. The first-order chi connectivity index (χ1) is 16.2. The Morgan fingerprint density at radius 3 is 2.67 bits per heavy atom. The number of furan rings is 1. The van der Waals surface area contributed by atoms with Gasteiger partial charge in [0, 0.05) is 24.9 Å². The molecule has 2 heterocycles. The number of nitrogens with one attached hydrogen (secondary N) is 1. The molecule has 2 aromatic carbocycles. The van der Waals surface area contributed by atoms with Gasteiger partial charge in [-0.25, -0.2) is 4.98 Å². The van der Waals surface area contributed by atoms with Crippen LogP contribution >= 0.6 is 0 Å². The minimum atomic E-state index is -0.0568. The van der Waals surface area contributed by atoms with Gasteiger partial charge < -0.3 is 23.6 Å². The highest BCUT2D eigenvalue weighted by molar-refractivity contribution is 5.76. The fourth-order valence-corrected chi connectivity index (χ4v) is 3.32. The summed E-state index contributed by atoms with van der Waals surface area (Å²) in [6, 6.07) is 19.2. The second-order valence-electron chi connectivity index (χ2n) is 7.52. The lowest BCUT2D eigenvalue weighted by Crippen LogP contribution is -2.23. The Morgan fingerprint density at radius 2 is 1.88 bits per heavy atom. The normalized spacial score (nSPS) is 10.8. The predicted octanol–water partition coefficient (Wildman–Crippen LogP) is 4.91. The van der Waals surface area contributed by atoms with E-state index in [1.165, 1.54) is 0 Å². The lowest BCUT2D eigenvalue weighted by Gasteiger charge is -2.08. The van der Waals surface area contributed by atoms with Crippen molar-refractivity contribution in [3.8, 4) is 17.1 Å². The number of ether oxygens (including phenoxy) is 2. The number of aryl methyl sites for hydroxylation is 1. The molecule has 4 aromatic rings. The summed E-state index contributed by atoms with van der Waals surface area (Å²) in [5.41, 5.74) is 2.96. The number of benzene rings is 2. The van der Waals surface area contributed by atoms with E-state index >= 15 is 0 Å². The second-order valence-corrected chi connectivity index (χ2v) is 7.52. The minimum Gasteiger partial charge on any atom is -0.497 e. The second kappa shape index (κ2) is 11.2. The molecule has 0 saturated carbocycles. The summed E-state index contributed by atoms with van der Waals surface area (Å²) < 4.78 is 21.9. The summed E-state index contributed by atoms with van der Waals surface area (Å²) in [5.74, 6) is 2.71. The minimum absolute atomic E-state index is 0.0568. The molecular weight excluding hydrogens is 420 g/mol. The molecule has 7 nitrogen and oxygen atoms in total. The van der Waals surface area contributed by atoms with Crippen LogP contribution in [0.25, 0.3) is 11.3 Å². The summed E-state index contributed by atoms with van der Waals surface area (Å²) in [6.07, 6.45) is 4.04. The number of hydrogen-bond donors (Lipinski definition) is 1. The van der Waals surface area contributed by atoms with Crippen LogP contribution in [0.2, 0.25) is 0 Å². The number of aromatic nitrogens is 1. The van der Waals surface area contributed by atoms with E-state index < -0.39 is 0 Å². The van der Waals surface area contributed by atoms with E-state index in [1.54, 1.807) is 19.6 Å². The summed E-state index contributed by atoms with van der Waals surface area (Å²) >= 11 is 0. The SMILES string of the molecule is COc1ccc(-c2cnc(CCC(=O)NCc3cccc(COCc4ccco4)c3)o2)cc1. The molecule has 0 radical (unpaired) electrons. The van der Waals surface area contributed by atoms with Gasteiger partial charge in [0.2, 0.25) is 5.91 Å². The summed E-state index contributed by atoms with van der Waals surface area (Å²) in [6.45, 7) is 1.35. The molecule has 0 saturated heterocycles. The molecular formula is C26H26N2O5. The van der Waals surface area contributed by atoms with Crippen molar-refractivity contribution in [1.29, 1.82) is 0 Å². The van der Waals surface area contributed by atoms with Crippen LogP contribution in [0.15, 0.2) is 82.0 Å². The largest absolute Gasteiger partial charge is 0.497 e. The van der Waals surface area contributed by atoms with Crippen LogP contribution < -0.4 is 10.1 Å². The average molecular weight is 447 g/mol. The molecule has 0 unspecified atom stereocenters. The molecule has 1 N–H and O–H groups in total. The van der Waals surface area contributed by atoms with E-state index in [-0.39, 0.29) is 5.91 Å². The Hall–Kier alpha value is -3.84. The van der Waals surface area contributed by atoms with Crippen LogP contribution in [0, 0.1) is 0 Å². The van der Waals surface area contributed by atoms with Crippen LogP contribution in [0.5, 0.6) is 5.75 Å². The lowest BCUT2D eigenvalue weighted by atomic mass is 10.1. The predicted molar refractivity (Wildman–Crippen MR) is 122 cm³/mol. The third kappa shape index (κ3) is 6.57. The fraction of sp³-hybridized carbons (Fsp3) is 0.231. The van der Waals surface area contributed by atoms with E-state index in [1.807, 2.05) is 60.7 Å². The van der Waals surface area contributed by atoms with Crippen molar-refractivity contribution >= 4 is 5.91 Å². The smallest absolute Gasteiger partial charge is 0.220 e. The first-order valence-corrected chi connectivity index (χ1v) is 10.7. The van der Waals surface area contributed by atoms with E-state index in [0.29, 0.717) is 44.3 Å². The Bertz CT molecular complexity index is 1150. The monoisotopic (exact) mass is 446 g/mol. The number of amides is 1. The van der Waals surface area contributed by atoms with Crippen molar-refractivity contribution in [2.45, 2.75) is 32.6 Å². The summed E-state index contributed by atoms with van der Waals surface area (Å²) in [5, 5.41) is 2.95. The topological polar surface area (TPSA) is 86.7 Å². The van der Waals surface area contributed by atoms with Crippen molar-refractivity contribution in [2.24, 2.45) is 0 Å². The third-order valence-electron chi connectivity index (χ3n) is 5.07. The van der Waals surface area contributed by atoms with E-state index in [4.69, 9.17) is 18.3 Å². The van der Waals surface area contributed by atoms with Gasteiger partial charge in [-0.05, 0) is 47.5 Å². The highest BCUT2D eigenvalue weighted by Crippen LogP contribution is 2.23. The first kappa shape index (κ1) is 22.4. The Balaban J connectivity index is 1.21. The molecule has 170 valence electrons. The molecule has 1 amide bonds. The zero-order chi connectivity index (χ0) is 22.9. The number of nitrogens with zero attached hydrogens (tertiary/aromatic N) is 1. The van der Waals surface area contributed by atoms with Gasteiger partial charge in [0.05, 0.1) is 26.2 Å². The van der Waals surface area contributed by atoms with E-state index in [0.717, 1.165) is 28.2 Å². The van der Waals surface area contributed by atoms with Gasteiger partial charge in [-0.2, -0.15) is 0 Å². The Labute approximate surface area is 192 Å². The van der Waals surface area contributed by atoms with Crippen molar-refractivity contribution < 1.29 is 23.1 Å². The standard InChI is InChI=1S/C26H26N2O5/c1-30-22-9-7-21(8-10-22)24-16-28-26(33-24)12-11-25(29)27-15-19-4-2-5-20(14-19)17-31-18-23-6-3-13-32-23/h2-10,13-14,16H,11-12,15,17-18H2,1H3,(H,27,29). The van der Waals surface area contributed by atoms with Gasteiger partial charge in [-0.3, -0.25) is 4.79 Å². The number of rotatable bonds is 11. The zero-order valence-corrected chi connectivity index (χ0v) is 18.5. The molecule has 0 atom stereocenters. The maximum atomic E-state index is 12.3. The molecule has 0 bridgehead atoms. The van der Waals surface area contributed by atoms with Crippen molar-refractivity contribution in [3.05, 3.63) is 95.9 Å². The van der Waals surface area contributed by atoms with Crippen LogP contribution in [-0.4, -0.2) is 18.0 Å². The highest BCUT2D eigenvalue weighted by Gasteiger charge is 2.09. The van der Waals surface area contributed by atoms with Crippen LogP contribution in [0.4, 0.5) is 0 Å². The highest BCUT2D eigenvalue weighted by atomic mass is 16.5. The molecule has 33 heavy (non-hydrogen) atoms. The van der Waals surface area contributed by atoms with E-state index in [2.05, 4.69) is 10.3 Å².